The molecule has 2 heterocycles. The highest BCUT2D eigenvalue weighted by molar-refractivity contribution is 9.10. The van der Waals surface area contributed by atoms with Gasteiger partial charge in [0.25, 0.3) is 5.91 Å². The number of carbonyl (C=O) groups is 2. The van der Waals surface area contributed by atoms with Crippen LogP contribution in [0.15, 0.2) is 33.5 Å². The van der Waals surface area contributed by atoms with E-state index in [0.717, 1.165) is 0 Å². The molecule has 7 heteroatoms. The molecule has 104 valence electrons. The number of esters is 1. The van der Waals surface area contributed by atoms with Gasteiger partial charge >= 0.3 is 5.97 Å². The van der Waals surface area contributed by atoms with Gasteiger partial charge in [-0.1, -0.05) is 0 Å². The van der Waals surface area contributed by atoms with Crippen molar-refractivity contribution in [3.05, 3.63) is 46.0 Å². The van der Waals surface area contributed by atoms with Crippen molar-refractivity contribution in [1.82, 2.24) is 4.98 Å². The van der Waals surface area contributed by atoms with E-state index in [2.05, 4.69) is 31.0 Å². The van der Waals surface area contributed by atoms with Crippen molar-refractivity contribution in [3.8, 4) is 0 Å². The van der Waals surface area contributed by atoms with Crippen molar-refractivity contribution in [1.29, 1.82) is 0 Å². The van der Waals surface area contributed by atoms with Gasteiger partial charge in [-0.15, -0.1) is 0 Å². The maximum atomic E-state index is 12.0. The third kappa shape index (κ3) is 3.05. The number of nitrogens with one attached hydrogen (secondary N) is 1. The molecule has 0 unspecified atom stereocenters. The van der Waals surface area contributed by atoms with Crippen LogP contribution in [-0.4, -0.2) is 24.0 Å². The number of halogens is 1. The summed E-state index contributed by atoms with van der Waals surface area (Å²) >= 11 is 3.15. The quantitative estimate of drug-likeness (QED) is 0.870. The van der Waals surface area contributed by atoms with Crippen molar-refractivity contribution >= 4 is 33.6 Å². The van der Waals surface area contributed by atoms with E-state index in [1.54, 1.807) is 13.0 Å². The number of aromatic nitrogens is 1. The number of hydrogen-bond acceptors (Lipinski definition) is 5. The molecule has 2 aromatic rings. The lowest BCUT2D eigenvalue weighted by Crippen LogP contribution is -2.14. The van der Waals surface area contributed by atoms with Crippen LogP contribution in [0.3, 0.4) is 0 Å². The second-order valence-electron chi connectivity index (χ2n) is 3.94. The van der Waals surface area contributed by atoms with Gasteiger partial charge in [0.15, 0.2) is 10.4 Å². The summed E-state index contributed by atoms with van der Waals surface area (Å²) in [5.74, 6) is -0.519. The van der Waals surface area contributed by atoms with E-state index in [4.69, 9.17) is 4.42 Å². The third-order valence-corrected chi connectivity index (χ3v) is 2.91. The fraction of sp³-hybridized carbons (Fsp3) is 0.154. The first kappa shape index (κ1) is 14.3. The lowest BCUT2D eigenvalue weighted by molar-refractivity contribution is 0.0600. The second-order valence-corrected chi connectivity index (χ2v) is 4.72. The molecule has 0 aliphatic rings. The van der Waals surface area contributed by atoms with Crippen LogP contribution in [0, 0.1) is 6.92 Å². The number of furan rings is 1. The maximum Gasteiger partial charge on any atom is 0.338 e. The Labute approximate surface area is 123 Å². The Morgan fingerprint density at radius 1 is 1.40 bits per heavy atom. The van der Waals surface area contributed by atoms with E-state index < -0.39 is 11.9 Å². The van der Waals surface area contributed by atoms with Gasteiger partial charge in [0.2, 0.25) is 0 Å². The Balaban J connectivity index is 2.20. The summed E-state index contributed by atoms with van der Waals surface area (Å²) < 4.78 is 10.3. The van der Waals surface area contributed by atoms with Gasteiger partial charge in [0, 0.05) is 11.8 Å². The number of ether oxygens (including phenoxy) is 1. The van der Waals surface area contributed by atoms with Gasteiger partial charge in [0.05, 0.1) is 12.7 Å². The van der Waals surface area contributed by atoms with Gasteiger partial charge in [-0.25, -0.2) is 9.78 Å². The second kappa shape index (κ2) is 5.87. The zero-order valence-corrected chi connectivity index (χ0v) is 12.4. The number of pyridine rings is 1. The molecule has 0 atom stereocenters. The molecule has 0 spiro atoms. The average Bonchev–Trinajstić information content (AvgIpc) is 2.77. The molecule has 6 nitrogen and oxygen atoms in total. The topological polar surface area (TPSA) is 81.4 Å². The Kier molecular flexibility index (Phi) is 4.19. The molecule has 0 aromatic carbocycles. The van der Waals surface area contributed by atoms with Crippen molar-refractivity contribution in [2.45, 2.75) is 6.92 Å². The fourth-order valence-electron chi connectivity index (χ4n) is 1.59. The zero-order valence-electron chi connectivity index (χ0n) is 10.8. The normalized spacial score (nSPS) is 10.2. The molecule has 0 fully saturated rings. The minimum absolute atomic E-state index is 0.183. The van der Waals surface area contributed by atoms with Gasteiger partial charge in [-0.05, 0) is 41.1 Å². The molecule has 1 amide bonds. The highest BCUT2D eigenvalue weighted by Gasteiger charge is 2.16. The van der Waals surface area contributed by atoms with E-state index in [0.29, 0.717) is 15.8 Å². The summed E-state index contributed by atoms with van der Waals surface area (Å²) in [6.07, 6.45) is 1.41. The Morgan fingerprint density at radius 3 is 2.75 bits per heavy atom. The number of hydrogen-bond donors (Lipinski definition) is 1. The molecular formula is C13H11BrN2O4. The highest BCUT2D eigenvalue weighted by atomic mass is 79.9. The molecule has 20 heavy (non-hydrogen) atoms. The predicted molar refractivity (Wildman–Crippen MR) is 74.7 cm³/mol. The first-order valence-corrected chi connectivity index (χ1v) is 6.42. The van der Waals surface area contributed by atoms with Gasteiger partial charge in [0.1, 0.15) is 5.82 Å². The summed E-state index contributed by atoms with van der Waals surface area (Å²) in [5.41, 5.74) is 0.994. The van der Waals surface area contributed by atoms with Crippen LogP contribution in [0.1, 0.15) is 26.5 Å². The molecule has 0 saturated heterocycles. The van der Waals surface area contributed by atoms with Crippen LogP contribution in [-0.2, 0) is 4.74 Å². The largest absolute Gasteiger partial charge is 0.465 e. The number of aryl methyl sites for hydroxylation is 1. The van der Waals surface area contributed by atoms with E-state index in [-0.39, 0.29) is 11.6 Å². The molecule has 0 saturated carbocycles. The molecule has 0 aliphatic heterocycles. The van der Waals surface area contributed by atoms with Crippen molar-refractivity contribution < 1.29 is 18.7 Å². The van der Waals surface area contributed by atoms with Crippen LogP contribution in [0.25, 0.3) is 0 Å². The van der Waals surface area contributed by atoms with Crippen LogP contribution in [0.4, 0.5) is 5.82 Å². The summed E-state index contributed by atoms with van der Waals surface area (Å²) in [7, 11) is 1.28. The molecular weight excluding hydrogens is 328 g/mol. The molecule has 2 aromatic heterocycles. The summed E-state index contributed by atoms with van der Waals surface area (Å²) in [6.45, 7) is 1.75. The smallest absolute Gasteiger partial charge is 0.338 e. The van der Waals surface area contributed by atoms with Gasteiger partial charge in [-0.2, -0.15) is 0 Å². The number of carbonyl (C=O) groups excluding carboxylic acids is 2. The van der Waals surface area contributed by atoms with Crippen molar-refractivity contribution in [3.63, 3.8) is 0 Å². The highest BCUT2D eigenvalue weighted by Crippen LogP contribution is 2.20. The predicted octanol–water partition coefficient (Wildman–Crippen LogP) is 2.78. The fourth-order valence-corrected chi connectivity index (χ4v) is 2.09. The molecule has 0 aliphatic carbocycles. The van der Waals surface area contributed by atoms with Crippen LogP contribution in [0.5, 0.6) is 0 Å². The van der Waals surface area contributed by atoms with E-state index in [1.807, 2.05) is 0 Å². The number of nitrogens with zero attached hydrogens (tertiary/aromatic N) is 1. The SMILES string of the molecule is COC(=O)c1ccnc(NC(=O)c2oc(Br)cc2C)c1. The Bertz CT molecular complexity index is 666. The zero-order chi connectivity index (χ0) is 14.7. The summed E-state index contributed by atoms with van der Waals surface area (Å²) in [5, 5.41) is 2.56. The first-order valence-electron chi connectivity index (χ1n) is 5.63. The van der Waals surface area contributed by atoms with E-state index in [9.17, 15) is 9.59 Å². The standard InChI is InChI=1S/C13H11BrN2O4/c1-7-5-9(14)20-11(7)12(17)16-10-6-8(3-4-15-10)13(18)19-2/h3-6H,1-2H3,(H,15,16,17). The average molecular weight is 339 g/mol. The van der Waals surface area contributed by atoms with Crippen LogP contribution < -0.4 is 5.32 Å². The van der Waals surface area contributed by atoms with Crippen LogP contribution >= 0.6 is 15.9 Å². The molecule has 0 radical (unpaired) electrons. The summed E-state index contributed by atoms with van der Waals surface area (Å²) in [6, 6.07) is 4.61. The lowest BCUT2D eigenvalue weighted by Gasteiger charge is -2.04. The van der Waals surface area contributed by atoms with E-state index in [1.165, 1.54) is 25.4 Å². The number of anilines is 1. The number of amides is 1. The Morgan fingerprint density at radius 2 is 2.15 bits per heavy atom. The molecule has 1 N–H and O–H groups in total. The number of rotatable bonds is 3. The van der Waals surface area contributed by atoms with Crippen molar-refractivity contribution in [2.24, 2.45) is 0 Å². The minimum atomic E-state index is -0.500. The Hall–Kier alpha value is -2.15. The summed E-state index contributed by atoms with van der Waals surface area (Å²) in [4.78, 5) is 27.4. The minimum Gasteiger partial charge on any atom is -0.465 e. The lowest BCUT2D eigenvalue weighted by atomic mass is 10.2. The van der Waals surface area contributed by atoms with E-state index >= 15 is 0 Å². The molecule has 0 bridgehead atoms. The van der Waals surface area contributed by atoms with Gasteiger partial charge < -0.3 is 14.5 Å². The van der Waals surface area contributed by atoms with Crippen molar-refractivity contribution in [2.75, 3.05) is 12.4 Å². The monoisotopic (exact) mass is 338 g/mol. The maximum absolute atomic E-state index is 12.0. The van der Waals surface area contributed by atoms with Crippen LogP contribution in [0.2, 0.25) is 0 Å². The number of methoxy groups -OCH3 is 1. The molecule has 2 rings (SSSR count). The third-order valence-electron chi connectivity index (χ3n) is 2.52. The first-order chi connectivity index (χ1) is 9.51. The van der Waals surface area contributed by atoms with Gasteiger partial charge in [-0.3, -0.25) is 4.79 Å².